The van der Waals surface area contributed by atoms with Gasteiger partial charge in [0.1, 0.15) is 18.7 Å². The Kier molecular flexibility index (Phi) is 3.27. The van der Waals surface area contributed by atoms with Crippen molar-refractivity contribution in [2.24, 2.45) is 7.05 Å². The maximum Gasteiger partial charge on any atom is 0.509 e. The van der Waals surface area contributed by atoms with E-state index < -0.39 is 12.4 Å². The highest BCUT2D eigenvalue weighted by atomic mass is 19.4. The van der Waals surface area contributed by atoms with Crippen LogP contribution >= 0.6 is 0 Å². The van der Waals surface area contributed by atoms with E-state index in [-0.39, 0.29) is 12.4 Å². The third kappa shape index (κ3) is 2.82. The molecule has 0 aliphatic rings. The lowest BCUT2D eigenvalue weighted by atomic mass is 9.80. The fraction of sp³-hybridized carbons (Fsp3) is 0.200. The largest absolute Gasteiger partial charge is 0.509 e. The number of nitrogens with zero attached hydrogens (tertiary/aromatic N) is 3. The zero-order valence-corrected chi connectivity index (χ0v) is 9.55. The second kappa shape index (κ2) is 4.71. The first-order valence-corrected chi connectivity index (χ1v) is 5.22. The van der Waals surface area contributed by atoms with E-state index in [1.54, 1.807) is 7.05 Å². The summed E-state index contributed by atoms with van der Waals surface area (Å²) in [5, 5.41) is 3.83. The maximum atomic E-state index is 12.5. The molecule has 2 aromatic rings. The summed E-state index contributed by atoms with van der Waals surface area (Å²) in [6, 6.07) is 4.80. The predicted molar refractivity (Wildman–Crippen MR) is 60.5 cm³/mol. The minimum absolute atomic E-state index is 0.0742. The fourth-order valence-electron chi connectivity index (χ4n) is 1.41. The van der Waals surface area contributed by atoms with E-state index in [1.807, 2.05) is 0 Å². The lowest BCUT2D eigenvalue weighted by molar-refractivity contribution is 0.290. The van der Waals surface area contributed by atoms with Gasteiger partial charge >= 0.3 is 6.98 Å². The molecular weight excluding hydrogens is 246 g/mol. The molecule has 2 rings (SSSR count). The summed E-state index contributed by atoms with van der Waals surface area (Å²) in [7, 11) is 1.68. The Bertz CT molecular complexity index is 541. The van der Waals surface area contributed by atoms with Gasteiger partial charge in [-0.05, 0) is 12.1 Å². The van der Waals surface area contributed by atoms with Gasteiger partial charge in [-0.1, -0.05) is 12.1 Å². The predicted octanol–water partition coefficient (Wildman–Crippen LogP) is 1.45. The van der Waals surface area contributed by atoms with E-state index in [4.69, 9.17) is 4.74 Å². The lowest BCUT2D eigenvalue weighted by Crippen LogP contribution is -2.33. The summed E-state index contributed by atoms with van der Waals surface area (Å²) in [4.78, 5) is 3.91. The average molecular weight is 256 g/mol. The first-order chi connectivity index (χ1) is 8.47. The second-order valence-corrected chi connectivity index (χ2v) is 3.74. The lowest BCUT2D eigenvalue weighted by Gasteiger charge is -2.15. The number of rotatable bonds is 4. The van der Waals surface area contributed by atoms with Crippen molar-refractivity contribution in [3.63, 3.8) is 0 Å². The minimum atomic E-state index is -5.01. The zero-order valence-electron chi connectivity index (χ0n) is 9.55. The molecule has 0 aliphatic heterocycles. The molecule has 0 unspecified atom stereocenters. The van der Waals surface area contributed by atoms with Gasteiger partial charge in [-0.2, -0.15) is 5.10 Å². The number of aryl methyl sites for hydroxylation is 1. The van der Waals surface area contributed by atoms with Crippen LogP contribution in [0.3, 0.4) is 0 Å². The first-order valence-electron chi connectivity index (χ1n) is 5.22. The Morgan fingerprint density at radius 3 is 2.72 bits per heavy atom. The van der Waals surface area contributed by atoms with Crippen molar-refractivity contribution in [2.45, 2.75) is 6.61 Å². The van der Waals surface area contributed by atoms with E-state index in [1.165, 1.54) is 23.1 Å². The molecular formula is C10H10BF3N3O-. The van der Waals surface area contributed by atoms with Gasteiger partial charge in [0.2, 0.25) is 0 Å². The molecule has 96 valence electrons. The van der Waals surface area contributed by atoms with Crippen LogP contribution < -0.4 is 10.2 Å². The van der Waals surface area contributed by atoms with E-state index in [2.05, 4.69) is 10.1 Å². The molecule has 8 heteroatoms. The molecule has 0 saturated carbocycles. The van der Waals surface area contributed by atoms with E-state index >= 15 is 0 Å². The molecule has 0 aliphatic carbocycles. The summed E-state index contributed by atoms with van der Waals surface area (Å²) in [6.45, 7) is -4.93. The van der Waals surface area contributed by atoms with Crippen LogP contribution in [-0.2, 0) is 13.7 Å². The standard InChI is InChI=1S/C10H10BF3N3O/c1-17-10(15-7-16-17)6-18-9-4-2-3-8(5-9)11(12,13)14/h2-5,7H,6H2,1H3/q-1. The smallest absolute Gasteiger partial charge is 0.486 e. The highest BCUT2D eigenvalue weighted by Gasteiger charge is 2.25. The molecule has 0 N–H and O–H groups in total. The molecule has 0 bridgehead atoms. The van der Waals surface area contributed by atoms with Crippen LogP contribution in [0.5, 0.6) is 5.75 Å². The number of hydrogen-bond acceptors (Lipinski definition) is 3. The Morgan fingerprint density at radius 1 is 1.33 bits per heavy atom. The van der Waals surface area contributed by atoms with Gasteiger partial charge < -0.3 is 17.7 Å². The highest BCUT2D eigenvalue weighted by molar-refractivity contribution is 6.73. The van der Waals surface area contributed by atoms with Gasteiger partial charge in [-0.3, -0.25) is 4.68 Å². The normalized spacial score (nSPS) is 11.6. The highest BCUT2D eigenvalue weighted by Crippen LogP contribution is 2.15. The van der Waals surface area contributed by atoms with Crippen molar-refractivity contribution < 1.29 is 17.7 Å². The third-order valence-corrected chi connectivity index (χ3v) is 2.41. The van der Waals surface area contributed by atoms with Crippen LogP contribution in [0.1, 0.15) is 5.82 Å². The summed E-state index contributed by atoms with van der Waals surface area (Å²) in [5.74, 6) is 0.702. The van der Waals surface area contributed by atoms with E-state index in [0.717, 1.165) is 12.1 Å². The molecule has 0 radical (unpaired) electrons. The van der Waals surface area contributed by atoms with Gasteiger partial charge in [-0.25, -0.2) is 4.98 Å². The van der Waals surface area contributed by atoms with Crippen molar-refractivity contribution in [1.29, 1.82) is 0 Å². The first kappa shape index (κ1) is 12.5. The monoisotopic (exact) mass is 256 g/mol. The van der Waals surface area contributed by atoms with Gasteiger partial charge in [0.05, 0.1) is 0 Å². The number of hydrogen-bond donors (Lipinski definition) is 0. The molecule has 0 saturated heterocycles. The van der Waals surface area contributed by atoms with E-state index in [9.17, 15) is 12.9 Å². The molecule has 18 heavy (non-hydrogen) atoms. The average Bonchev–Trinajstić information content (AvgIpc) is 2.72. The molecule has 0 amide bonds. The molecule has 0 atom stereocenters. The van der Waals surface area contributed by atoms with Crippen molar-refractivity contribution in [3.05, 3.63) is 36.4 Å². The molecule has 1 aromatic heterocycles. The quantitative estimate of drug-likeness (QED) is 0.777. The van der Waals surface area contributed by atoms with Crippen molar-refractivity contribution in [2.75, 3.05) is 0 Å². The van der Waals surface area contributed by atoms with Gasteiger partial charge in [0.25, 0.3) is 0 Å². The number of ether oxygens (including phenoxy) is 1. The Labute approximate surface area is 101 Å². The summed E-state index contributed by atoms with van der Waals surface area (Å²) < 4.78 is 44.3. The van der Waals surface area contributed by atoms with Gasteiger partial charge in [0, 0.05) is 7.05 Å². The Hall–Kier alpha value is -1.99. The summed E-state index contributed by atoms with van der Waals surface area (Å²) in [6.07, 6.45) is 1.36. The summed E-state index contributed by atoms with van der Waals surface area (Å²) in [5.41, 5.74) is -0.675. The molecule has 0 spiro atoms. The Morgan fingerprint density at radius 2 is 2.11 bits per heavy atom. The molecule has 1 heterocycles. The van der Waals surface area contributed by atoms with Crippen LogP contribution in [0.2, 0.25) is 0 Å². The molecule has 4 nitrogen and oxygen atoms in total. The number of halogens is 3. The van der Waals surface area contributed by atoms with Crippen LogP contribution in [0.25, 0.3) is 0 Å². The second-order valence-electron chi connectivity index (χ2n) is 3.74. The zero-order chi connectivity index (χ0) is 13.2. The fourth-order valence-corrected chi connectivity index (χ4v) is 1.41. The number of aromatic nitrogens is 3. The van der Waals surface area contributed by atoms with E-state index in [0.29, 0.717) is 5.82 Å². The minimum Gasteiger partial charge on any atom is -0.486 e. The van der Waals surface area contributed by atoms with Crippen molar-refractivity contribution in [3.8, 4) is 5.75 Å². The Balaban J connectivity index is 2.09. The van der Waals surface area contributed by atoms with Crippen molar-refractivity contribution >= 4 is 12.4 Å². The van der Waals surface area contributed by atoms with Crippen LogP contribution in [0.15, 0.2) is 30.6 Å². The van der Waals surface area contributed by atoms with Crippen molar-refractivity contribution in [1.82, 2.24) is 14.8 Å². The van der Waals surface area contributed by atoms with Crippen LogP contribution in [-0.4, -0.2) is 21.7 Å². The molecule has 0 fully saturated rings. The van der Waals surface area contributed by atoms with Crippen LogP contribution in [0, 0.1) is 0 Å². The van der Waals surface area contributed by atoms with Crippen LogP contribution in [0.4, 0.5) is 12.9 Å². The molecule has 1 aromatic carbocycles. The summed E-state index contributed by atoms with van der Waals surface area (Å²) >= 11 is 0. The number of benzene rings is 1. The topological polar surface area (TPSA) is 39.9 Å². The SMILES string of the molecule is Cn1ncnc1COc1cccc([B-](F)(F)F)c1. The maximum absolute atomic E-state index is 12.5. The van der Waals surface area contributed by atoms with Gasteiger partial charge in [0.15, 0.2) is 5.82 Å². The third-order valence-electron chi connectivity index (χ3n) is 2.41. The van der Waals surface area contributed by atoms with Gasteiger partial charge in [-0.15, -0.1) is 5.46 Å².